The first kappa shape index (κ1) is 30.7. The monoisotopic (exact) mass is 566 g/mol. The van der Waals surface area contributed by atoms with E-state index in [2.05, 4.69) is 25.9 Å². The van der Waals surface area contributed by atoms with Gasteiger partial charge in [-0.25, -0.2) is 9.97 Å². The van der Waals surface area contributed by atoms with Gasteiger partial charge in [0.15, 0.2) is 5.78 Å². The molecular formula is C31H46N6O4. The zero-order valence-electron chi connectivity index (χ0n) is 25.4. The molecule has 2 aromatic rings. The van der Waals surface area contributed by atoms with Crippen LogP contribution in [0.2, 0.25) is 0 Å². The van der Waals surface area contributed by atoms with Gasteiger partial charge in [0, 0.05) is 36.0 Å². The summed E-state index contributed by atoms with van der Waals surface area (Å²) in [7, 11) is 3.29. The van der Waals surface area contributed by atoms with Gasteiger partial charge in [-0.15, -0.1) is 0 Å². The van der Waals surface area contributed by atoms with E-state index in [-0.39, 0.29) is 24.0 Å². The number of carbonyl (C=O) groups excluding carboxylic acids is 3. The predicted molar refractivity (Wildman–Crippen MR) is 160 cm³/mol. The minimum atomic E-state index is -0.750. The number of hydrogen-bond acceptors (Lipinski definition) is 8. The zero-order valence-corrected chi connectivity index (χ0v) is 25.4. The Balaban J connectivity index is 1.56. The van der Waals surface area contributed by atoms with Gasteiger partial charge in [0.05, 0.1) is 24.7 Å². The largest absolute Gasteiger partial charge is 0.496 e. The minimum absolute atomic E-state index is 0.0466. The summed E-state index contributed by atoms with van der Waals surface area (Å²) in [5, 5.41) is 10.3. The van der Waals surface area contributed by atoms with Gasteiger partial charge in [0.25, 0.3) is 0 Å². The number of ether oxygens (including phenoxy) is 1. The molecule has 0 radical (unpaired) electrons. The van der Waals surface area contributed by atoms with Gasteiger partial charge in [-0.2, -0.15) is 0 Å². The number of nitrogens with one attached hydrogen (secondary N) is 3. The van der Waals surface area contributed by atoms with Crippen LogP contribution in [0.25, 0.3) is 10.9 Å². The summed E-state index contributed by atoms with van der Waals surface area (Å²) in [6, 6.07) is 2.44. The fourth-order valence-corrected chi connectivity index (χ4v) is 5.90. The van der Waals surface area contributed by atoms with Crippen LogP contribution in [0.1, 0.15) is 78.2 Å². The Hall–Kier alpha value is -3.27. The van der Waals surface area contributed by atoms with E-state index in [1.54, 1.807) is 32.3 Å². The molecule has 0 spiro atoms. The third-order valence-corrected chi connectivity index (χ3v) is 8.48. The number of hydrogen-bond donors (Lipinski definition) is 3. The predicted octanol–water partition coefficient (Wildman–Crippen LogP) is 3.62. The molecule has 1 aromatic carbocycles. The molecule has 2 fully saturated rings. The number of benzene rings is 1. The summed E-state index contributed by atoms with van der Waals surface area (Å²) >= 11 is 0. The smallest absolute Gasteiger partial charge is 0.246 e. The van der Waals surface area contributed by atoms with E-state index < -0.39 is 23.5 Å². The Bertz CT molecular complexity index is 1250. The molecule has 1 saturated carbocycles. The van der Waals surface area contributed by atoms with Crippen LogP contribution in [0.15, 0.2) is 18.5 Å². The number of ketones is 1. The topological polar surface area (TPSA) is 126 Å². The van der Waals surface area contributed by atoms with Crippen molar-refractivity contribution in [3.63, 3.8) is 0 Å². The Morgan fingerprint density at radius 1 is 1.07 bits per heavy atom. The Morgan fingerprint density at radius 2 is 1.80 bits per heavy atom. The summed E-state index contributed by atoms with van der Waals surface area (Å²) in [5.74, 6) is 0.849. The fraction of sp³-hybridized carbons (Fsp3) is 0.645. The number of aromatic nitrogens is 2. The standard InChI is InChI=1S/C31H46N6O4/c1-19(32-5)29(39)36-27(31(2,3)4)30(40)37-14-10-13-24(37)25(38)16-20-15-22-23(17-26(20)41-6)33-18-34-28(22)35-21-11-8-7-9-12-21/h15,17-19,21,24,27,32H,7-14,16H2,1-6H3,(H,36,39)(H,33,34,35)/t19-,24-,27+/m0/s1. The minimum Gasteiger partial charge on any atom is -0.496 e. The molecular weight excluding hydrogens is 520 g/mol. The van der Waals surface area contributed by atoms with Crippen LogP contribution in [0, 0.1) is 5.41 Å². The lowest BCUT2D eigenvalue weighted by atomic mass is 9.85. The highest BCUT2D eigenvalue weighted by molar-refractivity contribution is 5.96. The molecule has 3 N–H and O–H groups in total. The number of rotatable bonds is 10. The zero-order chi connectivity index (χ0) is 29.7. The number of fused-ring (bicyclic) bond motifs is 1. The molecule has 10 heteroatoms. The number of carbonyl (C=O) groups is 3. The van der Waals surface area contributed by atoms with Gasteiger partial charge in [-0.05, 0) is 51.1 Å². The van der Waals surface area contributed by atoms with Crippen LogP contribution >= 0.6 is 0 Å². The molecule has 1 aromatic heterocycles. The quantitative estimate of drug-likeness (QED) is 0.398. The number of nitrogens with zero attached hydrogens (tertiary/aromatic N) is 3. The highest BCUT2D eigenvalue weighted by Crippen LogP contribution is 2.32. The van der Waals surface area contributed by atoms with Crippen molar-refractivity contribution in [1.82, 2.24) is 25.5 Å². The molecule has 41 heavy (non-hydrogen) atoms. The average Bonchev–Trinajstić information content (AvgIpc) is 3.45. The number of likely N-dealkylation sites (tertiary alicyclic amines) is 1. The van der Waals surface area contributed by atoms with Crippen molar-refractivity contribution >= 4 is 34.3 Å². The molecule has 1 aliphatic heterocycles. The van der Waals surface area contributed by atoms with Crippen molar-refractivity contribution < 1.29 is 19.1 Å². The van der Waals surface area contributed by atoms with Gasteiger partial charge in [-0.1, -0.05) is 40.0 Å². The molecule has 2 amide bonds. The van der Waals surface area contributed by atoms with E-state index in [0.29, 0.717) is 24.8 Å². The number of anilines is 1. The molecule has 224 valence electrons. The van der Waals surface area contributed by atoms with E-state index in [0.717, 1.165) is 41.5 Å². The van der Waals surface area contributed by atoms with Gasteiger partial charge in [-0.3, -0.25) is 14.4 Å². The second-order valence-electron chi connectivity index (χ2n) is 12.5. The molecule has 3 atom stereocenters. The summed E-state index contributed by atoms with van der Waals surface area (Å²) in [5.41, 5.74) is 0.970. The molecule has 4 rings (SSSR count). The first-order valence-corrected chi connectivity index (χ1v) is 14.9. The maximum atomic E-state index is 13.8. The van der Waals surface area contributed by atoms with Crippen LogP contribution in [0.3, 0.4) is 0 Å². The van der Waals surface area contributed by atoms with Crippen LogP contribution in [-0.4, -0.2) is 77.3 Å². The lowest BCUT2D eigenvalue weighted by Crippen LogP contribution is -2.58. The van der Waals surface area contributed by atoms with Crippen molar-refractivity contribution in [2.75, 3.05) is 26.0 Å². The van der Waals surface area contributed by atoms with Crippen molar-refractivity contribution in [3.05, 3.63) is 24.0 Å². The summed E-state index contributed by atoms with van der Waals surface area (Å²) in [4.78, 5) is 51.0. The summed E-state index contributed by atoms with van der Waals surface area (Å²) in [6.45, 7) is 8.01. The highest BCUT2D eigenvalue weighted by Gasteiger charge is 2.42. The van der Waals surface area contributed by atoms with Crippen molar-refractivity contribution in [3.8, 4) is 5.75 Å². The average molecular weight is 567 g/mol. The number of amides is 2. The van der Waals surface area contributed by atoms with E-state index in [1.807, 2.05) is 32.9 Å². The molecule has 0 unspecified atom stereocenters. The molecule has 1 saturated heterocycles. The fourth-order valence-electron chi connectivity index (χ4n) is 5.90. The Morgan fingerprint density at radius 3 is 2.46 bits per heavy atom. The van der Waals surface area contributed by atoms with Crippen molar-refractivity contribution in [2.45, 2.75) is 103 Å². The molecule has 2 aliphatic rings. The second kappa shape index (κ2) is 13.1. The van der Waals surface area contributed by atoms with Crippen molar-refractivity contribution in [1.29, 1.82) is 0 Å². The lowest BCUT2D eigenvalue weighted by Gasteiger charge is -2.36. The van der Waals surface area contributed by atoms with E-state index in [4.69, 9.17) is 4.74 Å². The van der Waals surface area contributed by atoms with E-state index >= 15 is 0 Å². The van der Waals surface area contributed by atoms with Gasteiger partial charge in [0.2, 0.25) is 11.8 Å². The second-order valence-corrected chi connectivity index (χ2v) is 12.5. The highest BCUT2D eigenvalue weighted by atomic mass is 16.5. The maximum absolute atomic E-state index is 13.8. The SMILES string of the molecule is CN[C@@H](C)C(=O)N[C@H](C(=O)N1CCC[C@H]1C(=O)Cc1cc2c(NC3CCCCC3)ncnc2cc1OC)C(C)(C)C. The first-order chi connectivity index (χ1) is 19.5. The number of likely N-dealkylation sites (N-methyl/N-ethyl adjacent to an activating group) is 1. The lowest BCUT2D eigenvalue weighted by molar-refractivity contribution is -0.143. The van der Waals surface area contributed by atoms with Crippen LogP contribution < -0.4 is 20.7 Å². The molecule has 1 aliphatic carbocycles. The van der Waals surface area contributed by atoms with E-state index in [9.17, 15) is 14.4 Å². The van der Waals surface area contributed by atoms with Gasteiger partial charge >= 0.3 is 0 Å². The Kier molecular flexibility index (Phi) is 9.84. The van der Waals surface area contributed by atoms with E-state index in [1.165, 1.54) is 19.3 Å². The number of Topliss-reactive ketones (excluding diaryl/α,β-unsaturated/α-hetero) is 1. The van der Waals surface area contributed by atoms with Gasteiger partial charge in [0.1, 0.15) is 23.9 Å². The summed E-state index contributed by atoms with van der Waals surface area (Å²) in [6.07, 6.45) is 8.91. The van der Waals surface area contributed by atoms with Gasteiger partial charge < -0.3 is 25.6 Å². The number of methoxy groups -OCH3 is 1. The van der Waals surface area contributed by atoms with Crippen molar-refractivity contribution in [2.24, 2.45) is 5.41 Å². The Labute approximate surface area is 243 Å². The third-order valence-electron chi connectivity index (χ3n) is 8.48. The van der Waals surface area contributed by atoms with Crippen LogP contribution in [0.5, 0.6) is 5.75 Å². The molecule has 10 nitrogen and oxygen atoms in total. The molecule has 0 bridgehead atoms. The van der Waals surface area contributed by atoms with Crippen LogP contribution in [0.4, 0.5) is 5.82 Å². The van der Waals surface area contributed by atoms with Crippen LogP contribution in [-0.2, 0) is 20.8 Å². The first-order valence-electron chi connectivity index (χ1n) is 14.9. The molecule has 2 heterocycles. The normalized spacial score (nSPS) is 19.6. The summed E-state index contributed by atoms with van der Waals surface area (Å²) < 4.78 is 5.67. The maximum Gasteiger partial charge on any atom is 0.246 e. The third kappa shape index (κ3) is 7.15.